The Morgan fingerprint density at radius 3 is 2.60 bits per heavy atom. The summed E-state index contributed by atoms with van der Waals surface area (Å²) >= 11 is 1.35. The molecular formula is C5H10N2O2S. The summed E-state index contributed by atoms with van der Waals surface area (Å²) in [5, 5.41) is 2.97. The molecular weight excluding hydrogens is 152 g/mol. The van der Waals surface area contributed by atoms with Gasteiger partial charge in [-0.05, 0) is 6.26 Å². The van der Waals surface area contributed by atoms with Crippen molar-refractivity contribution in [3.63, 3.8) is 0 Å². The number of hydrogen-bond donors (Lipinski definition) is 1. The topological polar surface area (TPSA) is 50.7 Å². The third-order valence-corrected chi connectivity index (χ3v) is 1.46. The van der Waals surface area contributed by atoms with Gasteiger partial charge in [0, 0.05) is 7.05 Å². The molecule has 0 bridgehead atoms. The van der Waals surface area contributed by atoms with Gasteiger partial charge in [0.2, 0.25) is 0 Å². The van der Waals surface area contributed by atoms with Crippen LogP contribution < -0.4 is 5.32 Å². The quantitative estimate of drug-likeness (QED) is 0.421. The number of carbonyl (C=O) groups excluding carboxylic acids is 1. The Morgan fingerprint density at radius 2 is 2.30 bits per heavy atom. The van der Waals surface area contributed by atoms with E-state index in [0.29, 0.717) is 5.17 Å². The molecule has 58 valence electrons. The molecule has 0 spiro atoms. The first-order valence-corrected chi connectivity index (χ1v) is 3.82. The van der Waals surface area contributed by atoms with E-state index in [-0.39, 0.29) is 0 Å². The molecule has 0 aromatic heterocycles. The number of ether oxygens (including phenoxy) is 1. The van der Waals surface area contributed by atoms with Gasteiger partial charge in [-0.15, -0.1) is 0 Å². The molecule has 0 saturated carbocycles. The number of thioether (sulfide) groups is 1. The van der Waals surface area contributed by atoms with E-state index in [1.807, 2.05) is 6.26 Å². The number of methoxy groups -OCH3 is 1. The average Bonchev–Trinajstić information content (AvgIpc) is 1.99. The van der Waals surface area contributed by atoms with Crippen LogP contribution in [0.25, 0.3) is 0 Å². The molecule has 0 aromatic rings. The number of amides is 1. The number of hydrogen-bond acceptors (Lipinski definition) is 4. The van der Waals surface area contributed by atoms with Gasteiger partial charge in [-0.3, -0.25) is 10.3 Å². The zero-order chi connectivity index (χ0) is 7.98. The van der Waals surface area contributed by atoms with Crippen molar-refractivity contribution in [1.82, 2.24) is 5.32 Å². The molecule has 0 rings (SSSR count). The van der Waals surface area contributed by atoms with E-state index in [1.165, 1.54) is 18.9 Å². The third-order valence-electron chi connectivity index (χ3n) is 0.791. The van der Waals surface area contributed by atoms with Crippen molar-refractivity contribution in [2.75, 3.05) is 20.4 Å². The van der Waals surface area contributed by atoms with Crippen LogP contribution in [0.5, 0.6) is 0 Å². The van der Waals surface area contributed by atoms with Gasteiger partial charge in [-0.25, -0.2) is 4.79 Å². The Labute approximate surface area is 64.0 Å². The van der Waals surface area contributed by atoms with Gasteiger partial charge in [0.1, 0.15) is 0 Å². The smallest absolute Gasteiger partial charge is 0.412 e. The molecule has 0 atom stereocenters. The lowest BCUT2D eigenvalue weighted by Crippen LogP contribution is -2.27. The summed E-state index contributed by atoms with van der Waals surface area (Å²) in [6.45, 7) is 0. The fourth-order valence-corrected chi connectivity index (χ4v) is 0.705. The number of nitrogens with one attached hydrogen (secondary N) is 1. The first kappa shape index (κ1) is 9.29. The van der Waals surface area contributed by atoms with Gasteiger partial charge in [0.05, 0.1) is 7.11 Å². The van der Waals surface area contributed by atoms with Crippen LogP contribution in [0.3, 0.4) is 0 Å². The standard InChI is InChI=1S/C5H10N2O2S/c1-6-4(10-3)7-5(8)9-2/h1-3H3,(H,6,7,8). The maximum Gasteiger partial charge on any atom is 0.412 e. The number of carbonyl (C=O) groups is 1. The molecule has 0 heterocycles. The molecule has 0 aliphatic heterocycles. The molecule has 1 N–H and O–H groups in total. The second kappa shape index (κ2) is 5.10. The van der Waals surface area contributed by atoms with Crippen molar-refractivity contribution in [1.29, 1.82) is 0 Å². The molecule has 0 fully saturated rings. The third kappa shape index (κ3) is 3.34. The molecule has 10 heavy (non-hydrogen) atoms. The maximum absolute atomic E-state index is 10.5. The lowest BCUT2D eigenvalue weighted by Gasteiger charge is -2.01. The number of alkyl carbamates (subject to hydrolysis) is 1. The summed E-state index contributed by atoms with van der Waals surface area (Å²) in [6, 6.07) is 0. The van der Waals surface area contributed by atoms with Crippen molar-refractivity contribution in [2.45, 2.75) is 0 Å². The fraction of sp³-hybridized carbons (Fsp3) is 0.600. The first-order valence-electron chi connectivity index (χ1n) is 2.60. The van der Waals surface area contributed by atoms with Crippen molar-refractivity contribution in [3.8, 4) is 0 Å². The lowest BCUT2D eigenvalue weighted by molar-refractivity contribution is 0.177. The first-order chi connectivity index (χ1) is 4.74. The van der Waals surface area contributed by atoms with E-state index < -0.39 is 6.09 Å². The van der Waals surface area contributed by atoms with Gasteiger partial charge in [-0.2, -0.15) is 0 Å². The summed E-state index contributed by atoms with van der Waals surface area (Å²) in [4.78, 5) is 14.3. The van der Waals surface area contributed by atoms with E-state index >= 15 is 0 Å². The van der Waals surface area contributed by atoms with E-state index in [9.17, 15) is 4.79 Å². The van der Waals surface area contributed by atoms with Gasteiger partial charge < -0.3 is 4.74 Å². The van der Waals surface area contributed by atoms with Gasteiger partial charge in [0.25, 0.3) is 0 Å². The Morgan fingerprint density at radius 1 is 1.70 bits per heavy atom. The Bertz CT molecular complexity index is 147. The highest BCUT2D eigenvalue weighted by Gasteiger charge is 2.00. The Balaban J connectivity index is 3.76. The summed E-state index contributed by atoms with van der Waals surface area (Å²) in [5.41, 5.74) is 0. The summed E-state index contributed by atoms with van der Waals surface area (Å²) in [5.74, 6) is 0. The van der Waals surface area contributed by atoms with E-state index in [0.717, 1.165) is 0 Å². The minimum absolute atomic E-state index is 0.491. The van der Waals surface area contributed by atoms with Crippen LogP contribution in [0.1, 0.15) is 0 Å². The predicted molar refractivity (Wildman–Crippen MR) is 42.4 cm³/mol. The fourth-order valence-electron chi connectivity index (χ4n) is 0.337. The van der Waals surface area contributed by atoms with Crippen molar-refractivity contribution in [3.05, 3.63) is 0 Å². The van der Waals surface area contributed by atoms with Crippen molar-refractivity contribution >= 4 is 23.0 Å². The maximum atomic E-state index is 10.5. The molecule has 0 aliphatic rings. The zero-order valence-electron chi connectivity index (χ0n) is 6.17. The van der Waals surface area contributed by atoms with Crippen LogP contribution in [0, 0.1) is 0 Å². The van der Waals surface area contributed by atoms with Crippen LogP contribution in [0.2, 0.25) is 0 Å². The molecule has 5 heteroatoms. The van der Waals surface area contributed by atoms with Crippen molar-refractivity contribution in [2.24, 2.45) is 4.99 Å². The Hall–Kier alpha value is -0.710. The second-order valence-electron chi connectivity index (χ2n) is 1.35. The van der Waals surface area contributed by atoms with Crippen LogP contribution in [-0.2, 0) is 4.74 Å². The molecule has 0 aromatic carbocycles. The monoisotopic (exact) mass is 162 g/mol. The van der Waals surface area contributed by atoms with Crippen LogP contribution in [0.4, 0.5) is 4.79 Å². The zero-order valence-corrected chi connectivity index (χ0v) is 6.99. The number of nitrogens with zero attached hydrogens (tertiary/aromatic N) is 1. The van der Waals surface area contributed by atoms with Crippen LogP contribution in [0.15, 0.2) is 4.99 Å². The molecule has 4 nitrogen and oxygen atoms in total. The number of rotatable bonds is 0. The highest BCUT2D eigenvalue weighted by atomic mass is 32.2. The largest absolute Gasteiger partial charge is 0.453 e. The summed E-state index contributed by atoms with van der Waals surface area (Å²) < 4.78 is 4.34. The van der Waals surface area contributed by atoms with Crippen LogP contribution >= 0.6 is 11.8 Å². The predicted octanol–water partition coefficient (Wildman–Crippen LogP) is 0.691. The van der Waals surface area contributed by atoms with Gasteiger partial charge in [-0.1, -0.05) is 11.8 Å². The molecule has 0 saturated heterocycles. The van der Waals surface area contributed by atoms with Gasteiger partial charge in [0.15, 0.2) is 5.17 Å². The SMILES string of the molecule is CN=C(NC(=O)OC)SC. The highest BCUT2D eigenvalue weighted by Crippen LogP contribution is 1.93. The molecule has 0 aliphatic carbocycles. The minimum atomic E-state index is -0.491. The lowest BCUT2D eigenvalue weighted by atomic mass is 11.0. The highest BCUT2D eigenvalue weighted by molar-refractivity contribution is 8.13. The second-order valence-corrected chi connectivity index (χ2v) is 2.14. The van der Waals surface area contributed by atoms with E-state index in [2.05, 4.69) is 15.0 Å². The van der Waals surface area contributed by atoms with E-state index in [4.69, 9.17) is 0 Å². The summed E-state index contributed by atoms with van der Waals surface area (Å²) in [6.07, 6.45) is 1.33. The minimum Gasteiger partial charge on any atom is -0.453 e. The Kier molecular flexibility index (Phi) is 4.74. The van der Waals surface area contributed by atoms with Crippen molar-refractivity contribution < 1.29 is 9.53 Å². The molecule has 0 unspecified atom stereocenters. The summed E-state index contributed by atoms with van der Waals surface area (Å²) in [7, 11) is 2.91. The van der Waals surface area contributed by atoms with Gasteiger partial charge >= 0.3 is 6.09 Å². The normalized spacial score (nSPS) is 10.9. The molecule has 0 radical (unpaired) electrons. The number of amidine groups is 1. The van der Waals surface area contributed by atoms with E-state index in [1.54, 1.807) is 7.05 Å². The number of aliphatic imine (C=N–C) groups is 1. The molecule has 1 amide bonds. The van der Waals surface area contributed by atoms with Crippen LogP contribution in [-0.4, -0.2) is 31.7 Å². The average molecular weight is 162 g/mol.